The van der Waals surface area contributed by atoms with E-state index in [1.54, 1.807) is 7.05 Å². The van der Waals surface area contributed by atoms with E-state index in [1.807, 2.05) is 37.3 Å². The number of terminal acetylenes is 1. The molecule has 0 saturated carbocycles. The molecule has 1 N–H and O–H groups in total. The van der Waals surface area contributed by atoms with Gasteiger partial charge in [-0.2, -0.15) is 0 Å². The van der Waals surface area contributed by atoms with Crippen LogP contribution in [0.3, 0.4) is 0 Å². The fourth-order valence-electron chi connectivity index (χ4n) is 2.69. The van der Waals surface area contributed by atoms with E-state index in [0.29, 0.717) is 6.61 Å². The Kier molecular flexibility index (Phi) is 6.22. The normalized spacial score (nSPS) is 18.0. The lowest BCUT2D eigenvalue weighted by atomic mass is 9.96. The van der Waals surface area contributed by atoms with Crippen LogP contribution in [-0.2, 0) is 20.9 Å². The summed E-state index contributed by atoms with van der Waals surface area (Å²) in [6.07, 6.45) is 9.80. The molecule has 2 rings (SSSR count). The summed E-state index contributed by atoms with van der Waals surface area (Å²) in [6.45, 7) is 2.36. The number of benzene rings is 1. The van der Waals surface area contributed by atoms with Crippen LogP contribution >= 0.6 is 0 Å². The van der Waals surface area contributed by atoms with Gasteiger partial charge in [0, 0.05) is 14.2 Å². The molecule has 0 bridgehead atoms. The first-order valence-corrected chi connectivity index (χ1v) is 7.90. The van der Waals surface area contributed by atoms with E-state index in [9.17, 15) is 4.79 Å². The first-order chi connectivity index (χ1) is 11.6. The standard InChI is InChI=1S/C20H23NO3/c1-5-15-11-10-14(2)12-18(15)24-13-16-8-6-7-9-17(16)19(23-4)20(22)21-3/h1,6-10,12,15,19H,11,13H2,2-4H3,(H,21,22). The number of nitrogens with one attached hydrogen (secondary N) is 1. The van der Waals surface area contributed by atoms with Crippen molar-refractivity contribution in [1.29, 1.82) is 0 Å². The van der Waals surface area contributed by atoms with E-state index in [1.165, 1.54) is 7.11 Å². The maximum Gasteiger partial charge on any atom is 0.253 e. The summed E-state index contributed by atoms with van der Waals surface area (Å²) in [4.78, 5) is 12.0. The number of likely N-dealkylation sites (N-methyl/N-ethyl adjacent to an activating group) is 1. The highest BCUT2D eigenvalue weighted by Crippen LogP contribution is 2.27. The monoisotopic (exact) mass is 325 g/mol. The third-order valence-corrected chi connectivity index (χ3v) is 4.04. The Labute approximate surface area is 143 Å². The van der Waals surface area contributed by atoms with Crippen molar-refractivity contribution in [3.05, 3.63) is 58.9 Å². The lowest BCUT2D eigenvalue weighted by Crippen LogP contribution is -2.27. The van der Waals surface area contributed by atoms with E-state index in [0.717, 1.165) is 28.9 Å². The molecule has 1 aromatic rings. The Balaban J connectivity index is 2.20. The zero-order chi connectivity index (χ0) is 17.5. The van der Waals surface area contributed by atoms with Crippen molar-refractivity contribution in [2.75, 3.05) is 14.2 Å². The molecule has 0 aliphatic heterocycles. The highest BCUT2D eigenvalue weighted by Gasteiger charge is 2.22. The molecule has 0 aromatic heterocycles. The van der Waals surface area contributed by atoms with Crippen molar-refractivity contribution in [3.8, 4) is 12.3 Å². The molecule has 2 unspecified atom stereocenters. The van der Waals surface area contributed by atoms with Crippen LogP contribution in [0, 0.1) is 18.3 Å². The molecule has 1 aromatic carbocycles. The number of hydrogen-bond donors (Lipinski definition) is 1. The SMILES string of the molecule is C#CC1CC=C(C)C=C1OCc1ccccc1C(OC)C(=O)NC. The average Bonchev–Trinajstić information content (AvgIpc) is 2.61. The Morgan fingerprint density at radius 1 is 1.46 bits per heavy atom. The number of carbonyl (C=O) groups excluding carboxylic acids is 1. The highest BCUT2D eigenvalue weighted by atomic mass is 16.5. The summed E-state index contributed by atoms with van der Waals surface area (Å²) in [5.41, 5.74) is 2.84. The van der Waals surface area contributed by atoms with Crippen LogP contribution in [0.25, 0.3) is 0 Å². The fourth-order valence-corrected chi connectivity index (χ4v) is 2.69. The smallest absolute Gasteiger partial charge is 0.253 e. The number of carbonyl (C=O) groups is 1. The van der Waals surface area contributed by atoms with Crippen LogP contribution < -0.4 is 5.32 Å². The van der Waals surface area contributed by atoms with Gasteiger partial charge in [-0.15, -0.1) is 6.42 Å². The van der Waals surface area contributed by atoms with Gasteiger partial charge in [-0.1, -0.05) is 41.8 Å². The molecule has 0 spiro atoms. The van der Waals surface area contributed by atoms with Crippen molar-refractivity contribution in [2.45, 2.75) is 26.1 Å². The van der Waals surface area contributed by atoms with Gasteiger partial charge < -0.3 is 14.8 Å². The number of ether oxygens (including phenoxy) is 2. The van der Waals surface area contributed by atoms with E-state index in [-0.39, 0.29) is 11.8 Å². The number of allylic oxidation sites excluding steroid dienone is 4. The molecule has 4 heteroatoms. The molecule has 24 heavy (non-hydrogen) atoms. The lowest BCUT2D eigenvalue weighted by molar-refractivity contribution is -0.130. The lowest BCUT2D eigenvalue weighted by Gasteiger charge is -2.22. The molecule has 0 saturated heterocycles. The van der Waals surface area contributed by atoms with Gasteiger partial charge in [-0.3, -0.25) is 4.79 Å². The molecule has 2 atom stereocenters. The molecule has 126 valence electrons. The zero-order valence-electron chi connectivity index (χ0n) is 14.3. The molecule has 1 amide bonds. The largest absolute Gasteiger partial charge is 0.492 e. The topological polar surface area (TPSA) is 47.6 Å². The second-order valence-electron chi connectivity index (χ2n) is 5.67. The number of rotatable bonds is 6. The quantitative estimate of drug-likeness (QED) is 0.818. The van der Waals surface area contributed by atoms with E-state index in [2.05, 4.69) is 17.3 Å². The van der Waals surface area contributed by atoms with E-state index in [4.69, 9.17) is 15.9 Å². The number of amides is 1. The van der Waals surface area contributed by atoms with Gasteiger partial charge in [0.25, 0.3) is 5.91 Å². The van der Waals surface area contributed by atoms with Crippen molar-refractivity contribution < 1.29 is 14.3 Å². The van der Waals surface area contributed by atoms with Gasteiger partial charge in [0.05, 0.1) is 5.92 Å². The molecule has 1 aliphatic rings. The fraction of sp³-hybridized carbons (Fsp3) is 0.350. The van der Waals surface area contributed by atoms with Crippen LogP contribution in [0.2, 0.25) is 0 Å². The van der Waals surface area contributed by atoms with Crippen molar-refractivity contribution in [2.24, 2.45) is 5.92 Å². The van der Waals surface area contributed by atoms with Gasteiger partial charge in [0.15, 0.2) is 6.10 Å². The van der Waals surface area contributed by atoms with Crippen LogP contribution in [-0.4, -0.2) is 20.1 Å². The predicted molar refractivity (Wildman–Crippen MR) is 93.8 cm³/mol. The molecule has 1 aliphatic carbocycles. The van der Waals surface area contributed by atoms with Crippen LogP contribution in [0.4, 0.5) is 0 Å². The minimum atomic E-state index is -0.666. The summed E-state index contributed by atoms with van der Waals surface area (Å²) in [5, 5.41) is 2.62. The minimum Gasteiger partial charge on any atom is -0.492 e. The Bertz CT molecular complexity index is 697. The van der Waals surface area contributed by atoms with Crippen LogP contribution in [0.15, 0.2) is 47.7 Å². The van der Waals surface area contributed by atoms with E-state index < -0.39 is 6.10 Å². The predicted octanol–water partition coefficient (Wildman–Crippen LogP) is 3.12. The molecule has 0 radical (unpaired) electrons. The summed E-state index contributed by atoms with van der Waals surface area (Å²) in [5.74, 6) is 3.32. The molecular weight excluding hydrogens is 302 g/mol. The van der Waals surface area contributed by atoms with Gasteiger partial charge >= 0.3 is 0 Å². The molecule has 4 nitrogen and oxygen atoms in total. The van der Waals surface area contributed by atoms with E-state index >= 15 is 0 Å². The third-order valence-electron chi connectivity index (χ3n) is 4.04. The van der Waals surface area contributed by atoms with Gasteiger partial charge in [-0.05, 0) is 30.5 Å². The Morgan fingerprint density at radius 2 is 2.21 bits per heavy atom. The summed E-state index contributed by atoms with van der Waals surface area (Å²) < 4.78 is 11.3. The van der Waals surface area contributed by atoms with Gasteiger partial charge in [0.1, 0.15) is 12.4 Å². The zero-order valence-corrected chi connectivity index (χ0v) is 14.3. The Morgan fingerprint density at radius 3 is 2.88 bits per heavy atom. The summed E-state index contributed by atoms with van der Waals surface area (Å²) in [6, 6.07) is 7.60. The second kappa shape index (κ2) is 8.37. The van der Waals surface area contributed by atoms with Crippen LogP contribution in [0.5, 0.6) is 0 Å². The van der Waals surface area contributed by atoms with Crippen molar-refractivity contribution in [1.82, 2.24) is 5.32 Å². The summed E-state index contributed by atoms with van der Waals surface area (Å²) >= 11 is 0. The Hall–Kier alpha value is -2.51. The minimum absolute atomic E-state index is 0.0435. The maximum atomic E-state index is 12.0. The summed E-state index contributed by atoms with van der Waals surface area (Å²) in [7, 11) is 3.11. The highest BCUT2D eigenvalue weighted by molar-refractivity contribution is 5.82. The number of hydrogen-bond acceptors (Lipinski definition) is 3. The average molecular weight is 325 g/mol. The first kappa shape index (κ1) is 17.8. The second-order valence-corrected chi connectivity index (χ2v) is 5.67. The molecule has 0 heterocycles. The van der Waals surface area contributed by atoms with Gasteiger partial charge in [-0.25, -0.2) is 0 Å². The molecular formula is C20H23NO3. The van der Waals surface area contributed by atoms with Gasteiger partial charge in [0.2, 0.25) is 0 Å². The first-order valence-electron chi connectivity index (χ1n) is 7.90. The van der Waals surface area contributed by atoms with Crippen LogP contribution in [0.1, 0.15) is 30.6 Å². The maximum absolute atomic E-state index is 12.0. The van der Waals surface area contributed by atoms with Crippen molar-refractivity contribution >= 4 is 5.91 Å². The molecule has 0 fully saturated rings. The number of methoxy groups -OCH3 is 1. The van der Waals surface area contributed by atoms with Crippen molar-refractivity contribution in [3.63, 3.8) is 0 Å². The third kappa shape index (κ3) is 4.06.